The SMILES string of the molecule is CC(C)C[C@H](N)C(=O)[O-].NC(=O)O.[Na+]. The molecule has 5 N–H and O–H groups in total. The second-order valence-corrected chi connectivity index (χ2v) is 2.89. The van der Waals surface area contributed by atoms with Crippen molar-refractivity contribution in [3.8, 4) is 0 Å². The van der Waals surface area contributed by atoms with E-state index in [0.29, 0.717) is 12.3 Å². The van der Waals surface area contributed by atoms with Gasteiger partial charge in [-0.3, -0.25) is 0 Å². The van der Waals surface area contributed by atoms with Crippen LogP contribution in [0, 0.1) is 5.92 Å². The molecule has 0 radical (unpaired) electrons. The van der Waals surface area contributed by atoms with Crippen molar-refractivity contribution in [1.29, 1.82) is 0 Å². The predicted molar refractivity (Wildman–Crippen MR) is 44.6 cm³/mol. The van der Waals surface area contributed by atoms with Crippen LogP contribution in [0.25, 0.3) is 0 Å². The number of hydrogen-bond donors (Lipinski definition) is 3. The fourth-order valence-corrected chi connectivity index (χ4v) is 0.604. The van der Waals surface area contributed by atoms with Crippen LogP contribution in [0.15, 0.2) is 0 Å². The van der Waals surface area contributed by atoms with Crippen LogP contribution in [0.3, 0.4) is 0 Å². The molecule has 14 heavy (non-hydrogen) atoms. The Bertz CT molecular complexity index is 171. The molecule has 6 nitrogen and oxygen atoms in total. The Morgan fingerprint density at radius 3 is 1.79 bits per heavy atom. The van der Waals surface area contributed by atoms with Crippen LogP contribution in [-0.2, 0) is 4.79 Å². The summed E-state index contributed by atoms with van der Waals surface area (Å²) in [5.41, 5.74) is 9.18. The molecule has 0 unspecified atom stereocenters. The van der Waals surface area contributed by atoms with E-state index >= 15 is 0 Å². The van der Waals surface area contributed by atoms with Gasteiger partial charge in [0.1, 0.15) is 0 Å². The fourth-order valence-electron chi connectivity index (χ4n) is 0.604. The summed E-state index contributed by atoms with van der Waals surface area (Å²) in [6.45, 7) is 3.84. The monoisotopic (exact) mass is 214 g/mol. The first-order valence-electron chi connectivity index (χ1n) is 3.72. The van der Waals surface area contributed by atoms with Gasteiger partial charge in [0.25, 0.3) is 0 Å². The molecule has 0 aromatic carbocycles. The van der Waals surface area contributed by atoms with Gasteiger partial charge in [-0.15, -0.1) is 0 Å². The van der Waals surface area contributed by atoms with E-state index in [9.17, 15) is 9.90 Å². The van der Waals surface area contributed by atoms with E-state index in [1.54, 1.807) is 0 Å². The minimum Gasteiger partial charge on any atom is -0.548 e. The van der Waals surface area contributed by atoms with Crippen molar-refractivity contribution < 1.29 is 49.4 Å². The molecule has 0 aliphatic heterocycles. The van der Waals surface area contributed by atoms with Crippen molar-refractivity contribution in [1.82, 2.24) is 0 Å². The maximum atomic E-state index is 10.00. The normalized spacial score (nSPS) is 10.6. The summed E-state index contributed by atoms with van der Waals surface area (Å²) < 4.78 is 0. The number of primary amides is 1. The number of carboxylic acids is 1. The van der Waals surface area contributed by atoms with Crippen LogP contribution in [0.4, 0.5) is 4.79 Å². The third-order valence-electron chi connectivity index (χ3n) is 1.03. The van der Waals surface area contributed by atoms with E-state index in [-0.39, 0.29) is 29.6 Å². The molecule has 78 valence electrons. The molecule has 0 saturated carbocycles. The van der Waals surface area contributed by atoms with Crippen molar-refractivity contribution in [2.45, 2.75) is 26.3 Å². The smallest absolute Gasteiger partial charge is 0.548 e. The van der Waals surface area contributed by atoms with Crippen molar-refractivity contribution in [2.24, 2.45) is 17.4 Å². The Balaban J connectivity index is -0.000000209. The van der Waals surface area contributed by atoms with E-state index in [0.717, 1.165) is 0 Å². The Kier molecular flexibility index (Phi) is 14.9. The van der Waals surface area contributed by atoms with Crippen LogP contribution in [0.1, 0.15) is 20.3 Å². The molecule has 1 amide bonds. The number of nitrogens with two attached hydrogens (primary N) is 2. The van der Waals surface area contributed by atoms with Gasteiger partial charge in [0.05, 0.1) is 5.97 Å². The van der Waals surface area contributed by atoms with E-state index in [2.05, 4.69) is 5.73 Å². The molecule has 7 heteroatoms. The van der Waals surface area contributed by atoms with Crippen LogP contribution >= 0.6 is 0 Å². The van der Waals surface area contributed by atoms with Gasteiger partial charge in [-0.25, -0.2) is 4.79 Å². The van der Waals surface area contributed by atoms with E-state index in [4.69, 9.17) is 15.6 Å². The minimum atomic E-state index is -1.33. The summed E-state index contributed by atoms with van der Waals surface area (Å²) >= 11 is 0. The third-order valence-corrected chi connectivity index (χ3v) is 1.03. The van der Waals surface area contributed by atoms with E-state index < -0.39 is 18.1 Å². The number of hydrogen-bond acceptors (Lipinski definition) is 4. The fraction of sp³-hybridized carbons (Fsp3) is 0.714. The molecule has 0 fully saturated rings. The van der Waals surface area contributed by atoms with Crippen LogP contribution in [0.5, 0.6) is 0 Å². The number of aliphatic carboxylic acids is 1. The zero-order valence-corrected chi connectivity index (χ0v) is 10.7. The molecular weight excluding hydrogens is 199 g/mol. The molecule has 0 aromatic heterocycles. The average Bonchev–Trinajstić information content (AvgIpc) is 1.83. The first kappa shape index (κ1) is 19.3. The number of carboxylic acid groups (broad SMARTS) is 2. The Morgan fingerprint density at radius 1 is 1.43 bits per heavy atom. The Morgan fingerprint density at radius 2 is 1.71 bits per heavy atom. The summed E-state index contributed by atoms with van der Waals surface area (Å²) in [5, 5.41) is 17.2. The first-order chi connectivity index (χ1) is 5.77. The molecule has 0 heterocycles. The molecule has 1 atom stereocenters. The molecular formula is C7H15N2NaO4. The molecule has 0 saturated heterocycles. The topological polar surface area (TPSA) is 129 Å². The number of amides is 1. The standard InChI is InChI=1S/C6H13NO2.CH3NO2.Na/c1-4(2)3-5(7)6(8)9;2-1(3)4;/h4-5H,3,7H2,1-2H3,(H,8,9);2H2,(H,3,4);/q;;+1/p-1/t5-;;/m0../s1. The van der Waals surface area contributed by atoms with Crippen molar-refractivity contribution in [2.75, 3.05) is 0 Å². The number of rotatable bonds is 3. The largest absolute Gasteiger partial charge is 1.00 e. The molecule has 0 aliphatic rings. The maximum absolute atomic E-state index is 10.00. The molecule has 0 rings (SSSR count). The molecule has 0 aliphatic carbocycles. The predicted octanol–water partition coefficient (Wildman–Crippen LogP) is -4.26. The van der Waals surface area contributed by atoms with Crippen LogP contribution in [0.2, 0.25) is 0 Å². The van der Waals surface area contributed by atoms with E-state index in [1.807, 2.05) is 13.8 Å². The first-order valence-corrected chi connectivity index (χ1v) is 3.72. The average molecular weight is 214 g/mol. The van der Waals surface area contributed by atoms with Crippen LogP contribution in [-0.4, -0.2) is 23.2 Å². The number of carbonyl (C=O) groups excluding carboxylic acids is 1. The van der Waals surface area contributed by atoms with E-state index in [1.165, 1.54) is 0 Å². The third kappa shape index (κ3) is 22.6. The molecule has 0 spiro atoms. The summed E-state index contributed by atoms with van der Waals surface area (Å²) in [4.78, 5) is 18.8. The number of carbonyl (C=O) groups is 2. The molecule has 0 bridgehead atoms. The summed E-state index contributed by atoms with van der Waals surface area (Å²) in [6, 6.07) is -0.801. The second-order valence-electron chi connectivity index (χ2n) is 2.89. The summed E-state index contributed by atoms with van der Waals surface area (Å²) in [7, 11) is 0. The maximum Gasteiger partial charge on any atom is 1.00 e. The Labute approximate surface area is 105 Å². The van der Waals surface area contributed by atoms with Crippen molar-refractivity contribution >= 4 is 12.1 Å². The second kappa shape index (κ2) is 10.8. The van der Waals surface area contributed by atoms with Gasteiger partial charge in [-0.2, -0.15) is 0 Å². The van der Waals surface area contributed by atoms with Gasteiger partial charge in [-0.1, -0.05) is 13.8 Å². The zero-order chi connectivity index (χ0) is 11.0. The van der Waals surface area contributed by atoms with Gasteiger partial charge in [0, 0.05) is 6.04 Å². The van der Waals surface area contributed by atoms with Crippen molar-refractivity contribution in [3.63, 3.8) is 0 Å². The summed E-state index contributed by atoms with van der Waals surface area (Å²) in [6.07, 6.45) is -0.845. The van der Waals surface area contributed by atoms with Crippen molar-refractivity contribution in [3.05, 3.63) is 0 Å². The zero-order valence-electron chi connectivity index (χ0n) is 8.69. The van der Waals surface area contributed by atoms with Gasteiger partial charge >= 0.3 is 35.7 Å². The quantitative estimate of drug-likeness (QED) is 0.409. The van der Waals surface area contributed by atoms with Gasteiger partial charge in [0.15, 0.2) is 0 Å². The van der Waals surface area contributed by atoms with Crippen LogP contribution < -0.4 is 46.1 Å². The van der Waals surface area contributed by atoms with Gasteiger partial charge < -0.3 is 26.5 Å². The van der Waals surface area contributed by atoms with Gasteiger partial charge in [-0.05, 0) is 12.3 Å². The summed E-state index contributed by atoms with van der Waals surface area (Å²) in [5.74, 6) is -0.846. The Hall–Kier alpha value is -0.300. The van der Waals surface area contributed by atoms with Gasteiger partial charge in [0.2, 0.25) is 0 Å². The minimum absolute atomic E-state index is 0. The molecule has 0 aromatic rings.